The summed E-state index contributed by atoms with van der Waals surface area (Å²) in [6.07, 6.45) is -0.635. The molecule has 7 heteroatoms. The first-order valence-electron chi connectivity index (χ1n) is 5.56. The number of hydrogen-bond acceptors (Lipinski definition) is 5. The van der Waals surface area contributed by atoms with Crippen LogP contribution in [0, 0.1) is 0 Å². The van der Waals surface area contributed by atoms with Gasteiger partial charge >= 0.3 is 5.97 Å². The Bertz CT molecular complexity index is 441. The van der Waals surface area contributed by atoms with E-state index in [1.165, 1.54) is 11.8 Å². The Labute approximate surface area is 105 Å². The third-order valence-corrected chi connectivity index (χ3v) is 2.45. The average molecular weight is 255 g/mol. The van der Waals surface area contributed by atoms with Crippen LogP contribution >= 0.6 is 0 Å². The summed E-state index contributed by atoms with van der Waals surface area (Å²) in [4.78, 5) is 22.7. The molecule has 0 fully saturated rings. The summed E-state index contributed by atoms with van der Waals surface area (Å²) in [7, 11) is 2.83. The maximum Gasteiger partial charge on any atom is 0.336 e. The summed E-state index contributed by atoms with van der Waals surface area (Å²) >= 11 is 0. The lowest BCUT2D eigenvalue weighted by atomic mass is 10.3. The molecule has 0 saturated carbocycles. The van der Waals surface area contributed by atoms with E-state index in [4.69, 9.17) is 0 Å². The highest BCUT2D eigenvalue weighted by Gasteiger charge is 2.18. The minimum atomic E-state index is -1.36. The van der Waals surface area contributed by atoms with Crippen molar-refractivity contribution in [2.24, 2.45) is 7.05 Å². The molecule has 7 nitrogen and oxygen atoms in total. The van der Waals surface area contributed by atoms with Crippen molar-refractivity contribution in [1.82, 2.24) is 15.1 Å². The number of aliphatic hydroxyl groups is 1. The lowest BCUT2D eigenvalue weighted by Gasteiger charge is -2.09. The molecule has 1 aromatic rings. The Balaban J connectivity index is 2.60. The molecule has 1 unspecified atom stereocenters. The highest BCUT2D eigenvalue weighted by atomic mass is 16.5. The van der Waals surface area contributed by atoms with Gasteiger partial charge in [0, 0.05) is 7.05 Å². The number of esters is 1. The quantitative estimate of drug-likeness (QED) is 0.675. The van der Waals surface area contributed by atoms with Crippen molar-refractivity contribution in [1.29, 1.82) is 0 Å². The van der Waals surface area contributed by atoms with Crippen molar-refractivity contribution < 1.29 is 19.4 Å². The van der Waals surface area contributed by atoms with Crippen LogP contribution in [0.5, 0.6) is 0 Å². The number of hydrogen-bond donors (Lipinski definition) is 2. The molecular formula is C11H17N3O4. The largest absolute Gasteiger partial charge is 0.467 e. The molecule has 0 aliphatic rings. The van der Waals surface area contributed by atoms with Gasteiger partial charge < -0.3 is 15.2 Å². The first-order chi connectivity index (χ1) is 8.49. The van der Waals surface area contributed by atoms with Crippen LogP contribution in [0.1, 0.15) is 23.1 Å². The topological polar surface area (TPSA) is 93.5 Å². The Morgan fingerprint density at radius 1 is 1.61 bits per heavy atom. The fraction of sp³-hybridized carbons (Fsp3) is 0.545. The van der Waals surface area contributed by atoms with E-state index in [-0.39, 0.29) is 6.54 Å². The van der Waals surface area contributed by atoms with Crippen molar-refractivity contribution >= 4 is 11.9 Å². The average Bonchev–Trinajstić information content (AvgIpc) is 2.75. The summed E-state index contributed by atoms with van der Waals surface area (Å²) in [5, 5.41) is 15.9. The van der Waals surface area contributed by atoms with Gasteiger partial charge in [-0.2, -0.15) is 5.10 Å². The zero-order valence-electron chi connectivity index (χ0n) is 10.6. The summed E-state index contributed by atoms with van der Waals surface area (Å²) in [6.45, 7) is 1.74. The second-order valence-corrected chi connectivity index (χ2v) is 3.75. The van der Waals surface area contributed by atoms with E-state index in [1.807, 2.05) is 6.92 Å². The molecule has 1 amide bonds. The molecule has 1 rings (SSSR count). The predicted molar refractivity (Wildman–Crippen MR) is 62.9 cm³/mol. The Kier molecular flexibility index (Phi) is 4.85. The van der Waals surface area contributed by atoms with E-state index in [2.05, 4.69) is 15.2 Å². The lowest BCUT2D eigenvalue weighted by Crippen LogP contribution is -2.37. The molecule has 100 valence electrons. The van der Waals surface area contributed by atoms with Crippen molar-refractivity contribution in [3.8, 4) is 0 Å². The standard InChI is InChI=1S/C11H17N3O4/c1-4-7-5-8(14(2)13-7)10(16)12-6-9(15)11(17)18-3/h5,9,15H,4,6H2,1-3H3,(H,12,16). The van der Waals surface area contributed by atoms with Gasteiger partial charge in [-0.15, -0.1) is 0 Å². The summed E-state index contributed by atoms with van der Waals surface area (Å²) in [5.74, 6) is -1.18. The number of methoxy groups -OCH3 is 1. The molecule has 0 bridgehead atoms. The molecule has 0 aromatic carbocycles. The van der Waals surface area contributed by atoms with Crippen LogP contribution < -0.4 is 5.32 Å². The van der Waals surface area contributed by atoms with Gasteiger partial charge in [0.1, 0.15) is 5.69 Å². The van der Waals surface area contributed by atoms with E-state index >= 15 is 0 Å². The van der Waals surface area contributed by atoms with E-state index < -0.39 is 18.0 Å². The van der Waals surface area contributed by atoms with Crippen molar-refractivity contribution in [3.05, 3.63) is 17.5 Å². The van der Waals surface area contributed by atoms with Gasteiger partial charge in [-0.25, -0.2) is 4.79 Å². The maximum absolute atomic E-state index is 11.8. The maximum atomic E-state index is 11.8. The number of amides is 1. The molecule has 1 heterocycles. The normalized spacial score (nSPS) is 12.0. The fourth-order valence-electron chi connectivity index (χ4n) is 1.41. The van der Waals surface area contributed by atoms with Crippen LogP contribution in [0.15, 0.2) is 6.07 Å². The smallest absolute Gasteiger partial charge is 0.336 e. The van der Waals surface area contributed by atoms with Gasteiger partial charge in [0.25, 0.3) is 5.91 Å². The molecule has 1 aromatic heterocycles. The third-order valence-electron chi connectivity index (χ3n) is 2.45. The second kappa shape index (κ2) is 6.15. The van der Waals surface area contributed by atoms with Gasteiger partial charge in [-0.05, 0) is 12.5 Å². The van der Waals surface area contributed by atoms with E-state index in [9.17, 15) is 14.7 Å². The van der Waals surface area contributed by atoms with Crippen LogP contribution in [0.2, 0.25) is 0 Å². The number of rotatable bonds is 5. The fourth-order valence-corrected chi connectivity index (χ4v) is 1.41. The van der Waals surface area contributed by atoms with Gasteiger partial charge in [-0.3, -0.25) is 9.48 Å². The number of nitrogens with zero attached hydrogens (tertiary/aromatic N) is 2. The van der Waals surface area contributed by atoms with Crippen molar-refractivity contribution in [2.75, 3.05) is 13.7 Å². The Morgan fingerprint density at radius 3 is 2.78 bits per heavy atom. The molecular weight excluding hydrogens is 238 g/mol. The van der Waals surface area contributed by atoms with Crippen LogP contribution in [0.25, 0.3) is 0 Å². The zero-order chi connectivity index (χ0) is 13.7. The van der Waals surface area contributed by atoms with Gasteiger partial charge in [0.05, 0.1) is 19.3 Å². The van der Waals surface area contributed by atoms with Gasteiger partial charge in [0.2, 0.25) is 0 Å². The van der Waals surface area contributed by atoms with Crippen LogP contribution in [-0.2, 0) is 23.0 Å². The van der Waals surface area contributed by atoms with Crippen molar-refractivity contribution in [3.63, 3.8) is 0 Å². The summed E-state index contributed by atoms with van der Waals surface area (Å²) < 4.78 is 5.79. The minimum absolute atomic E-state index is 0.196. The monoisotopic (exact) mass is 255 g/mol. The Hall–Kier alpha value is -1.89. The minimum Gasteiger partial charge on any atom is -0.467 e. The molecule has 0 spiro atoms. The zero-order valence-corrected chi connectivity index (χ0v) is 10.6. The number of aryl methyl sites for hydroxylation is 2. The van der Waals surface area contributed by atoms with Gasteiger partial charge in [0.15, 0.2) is 6.10 Å². The summed E-state index contributed by atoms with van der Waals surface area (Å²) in [6, 6.07) is 1.67. The number of carbonyl (C=O) groups is 2. The first kappa shape index (κ1) is 14.2. The van der Waals surface area contributed by atoms with Crippen LogP contribution in [0.3, 0.4) is 0 Å². The number of carbonyl (C=O) groups excluding carboxylic acids is 2. The van der Waals surface area contributed by atoms with E-state index in [0.29, 0.717) is 5.69 Å². The van der Waals surface area contributed by atoms with E-state index in [1.54, 1.807) is 13.1 Å². The molecule has 0 aliphatic heterocycles. The lowest BCUT2D eigenvalue weighted by molar-refractivity contribution is -0.149. The molecule has 2 N–H and O–H groups in total. The molecule has 0 aliphatic carbocycles. The van der Waals surface area contributed by atoms with Gasteiger partial charge in [-0.1, -0.05) is 6.92 Å². The number of aliphatic hydroxyl groups excluding tert-OH is 1. The molecule has 1 atom stereocenters. The molecule has 18 heavy (non-hydrogen) atoms. The third kappa shape index (κ3) is 3.30. The van der Waals surface area contributed by atoms with Crippen LogP contribution in [0.4, 0.5) is 0 Å². The van der Waals surface area contributed by atoms with Crippen molar-refractivity contribution in [2.45, 2.75) is 19.4 Å². The molecule has 0 radical (unpaired) electrons. The summed E-state index contributed by atoms with van der Waals surface area (Å²) in [5.41, 5.74) is 1.18. The second-order valence-electron chi connectivity index (χ2n) is 3.75. The Morgan fingerprint density at radius 2 is 2.28 bits per heavy atom. The predicted octanol–water partition coefficient (Wildman–Crippen LogP) is -0.754. The first-order valence-corrected chi connectivity index (χ1v) is 5.56. The highest BCUT2D eigenvalue weighted by molar-refractivity contribution is 5.93. The number of ether oxygens (including phenoxy) is 1. The highest BCUT2D eigenvalue weighted by Crippen LogP contribution is 2.03. The number of aromatic nitrogens is 2. The van der Waals surface area contributed by atoms with Crippen LogP contribution in [-0.4, -0.2) is 46.5 Å². The molecule has 0 saturated heterocycles. The van der Waals surface area contributed by atoms with E-state index in [0.717, 1.165) is 12.1 Å². The number of nitrogens with one attached hydrogen (secondary N) is 1. The SMILES string of the molecule is CCc1cc(C(=O)NCC(O)C(=O)OC)n(C)n1.